The minimum Gasteiger partial charge on any atom is -0.378 e. The molecule has 10 heteroatoms. The molecule has 1 saturated heterocycles. The van der Waals surface area contributed by atoms with Crippen LogP contribution in [-0.4, -0.2) is 60.6 Å². The Labute approximate surface area is 244 Å². The molecule has 1 atom stereocenters. The highest BCUT2D eigenvalue weighted by Crippen LogP contribution is 2.32. The van der Waals surface area contributed by atoms with Gasteiger partial charge in [0, 0.05) is 24.3 Å². The van der Waals surface area contributed by atoms with Crippen LogP contribution in [-0.2, 0) is 27.3 Å². The number of aryl methyl sites for hydroxylation is 1. The number of benzene rings is 3. The first-order valence-electron chi connectivity index (χ1n) is 14.1. The maximum absolute atomic E-state index is 14.1. The van der Waals surface area contributed by atoms with Gasteiger partial charge in [0.2, 0.25) is 11.8 Å². The zero-order chi connectivity index (χ0) is 29.9. The average molecular weight is 574 g/mol. The molecule has 3 aromatic rings. The standard InChI is InChI=1S/C32H36FN5O4/c1-32(2,34)30(40)35-27-13-11-23-19-24(33)12-14-28(23)38(29(27)39)20-21-7-9-22(10-8-21)25-5-3-4-6-26(25)36-31(41)37-15-17-42-18-16-37/h3-10,12,14,19,27H,11,13,15-18,20,34H2,1-2H3,(H,35,40)(H,36,41)/t27-/m1/s1. The predicted molar refractivity (Wildman–Crippen MR) is 159 cm³/mol. The second kappa shape index (κ2) is 12.3. The van der Waals surface area contributed by atoms with Gasteiger partial charge < -0.3 is 30.9 Å². The van der Waals surface area contributed by atoms with E-state index in [0.29, 0.717) is 56.1 Å². The van der Waals surface area contributed by atoms with Gasteiger partial charge in [-0.25, -0.2) is 9.18 Å². The number of urea groups is 1. The summed E-state index contributed by atoms with van der Waals surface area (Å²) in [5.74, 6) is -1.09. The summed E-state index contributed by atoms with van der Waals surface area (Å²) in [6.07, 6.45) is 0.761. The minimum atomic E-state index is -1.15. The fourth-order valence-corrected chi connectivity index (χ4v) is 5.17. The first-order valence-corrected chi connectivity index (χ1v) is 14.1. The lowest BCUT2D eigenvalue weighted by Crippen LogP contribution is -2.56. The topological polar surface area (TPSA) is 117 Å². The molecule has 0 spiro atoms. The maximum Gasteiger partial charge on any atom is 0.322 e. The highest BCUT2D eigenvalue weighted by molar-refractivity contribution is 6.01. The number of nitrogens with zero attached hydrogens (tertiary/aromatic N) is 2. The van der Waals surface area contributed by atoms with E-state index in [1.54, 1.807) is 29.7 Å². The van der Waals surface area contributed by atoms with E-state index in [4.69, 9.17) is 10.5 Å². The van der Waals surface area contributed by atoms with Crippen molar-refractivity contribution in [2.75, 3.05) is 36.5 Å². The number of nitrogens with two attached hydrogens (primary N) is 1. The predicted octanol–water partition coefficient (Wildman–Crippen LogP) is 4.06. The van der Waals surface area contributed by atoms with Gasteiger partial charge >= 0.3 is 6.03 Å². The lowest BCUT2D eigenvalue weighted by molar-refractivity contribution is -0.130. The van der Waals surface area contributed by atoms with Crippen molar-refractivity contribution in [1.82, 2.24) is 10.2 Å². The third kappa shape index (κ3) is 6.61. The summed E-state index contributed by atoms with van der Waals surface area (Å²) in [6, 6.07) is 18.8. The number of fused-ring (bicyclic) bond motifs is 1. The Bertz CT molecular complexity index is 1460. The molecule has 5 rings (SSSR count). The van der Waals surface area contributed by atoms with Crippen LogP contribution in [0.15, 0.2) is 66.7 Å². The maximum atomic E-state index is 14.1. The number of hydrogen-bond acceptors (Lipinski definition) is 5. The number of carbonyl (C=O) groups excluding carboxylic acids is 3. The summed E-state index contributed by atoms with van der Waals surface area (Å²) in [7, 11) is 0. The average Bonchev–Trinajstić information content (AvgIpc) is 3.10. The Kier molecular flexibility index (Phi) is 8.56. The molecule has 2 heterocycles. The largest absolute Gasteiger partial charge is 0.378 e. The molecule has 4 N–H and O–H groups in total. The number of ether oxygens (including phenoxy) is 1. The molecular formula is C32H36FN5O4. The van der Waals surface area contributed by atoms with Crippen molar-refractivity contribution in [3.8, 4) is 11.1 Å². The number of halogens is 1. The van der Waals surface area contributed by atoms with Crippen LogP contribution in [0.5, 0.6) is 0 Å². The minimum absolute atomic E-state index is 0.170. The quantitative estimate of drug-likeness (QED) is 0.411. The van der Waals surface area contributed by atoms with E-state index in [1.807, 2.05) is 48.5 Å². The van der Waals surface area contributed by atoms with Crippen molar-refractivity contribution in [3.05, 3.63) is 83.7 Å². The molecule has 9 nitrogen and oxygen atoms in total. The molecule has 0 aliphatic carbocycles. The number of anilines is 2. The van der Waals surface area contributed by atoms with Crippen molar-refractivity contribution in [3.63, 3.8) is 0 Å². The highest BCUT2D eigenvalue weighted by Gasteiger charge is 2.34. The molecule has 0 aromatic heterocycles. The van der Waals surface area contributed by atoms with Crippen LogP contribution >= 0.6 is 0 Å². The van der Waals surface area contributed by atoms with E-state index in [-0.39, 0.29) is 24.3 Å². The zero-order valence-electron chi connectivity index (χ0n) is 23.9. The molecule has 0 unspecified atom stereocenters. The third-order valence-electron chi connectivity index (χ3n) is 7.56. The van der Waals surface area contributed by atoms with E-state index in [9.17, 15) is 18.8 Å². The molecule has 1 fully saturated rings. The summed E-state index contributed by atoms with van der Waals surface area (Å²) in [6.45, 7) is 5.52. The Morgan fingerprint density at radius 2 is 1.76 bits per heavy atom. The number of hydrogen-bond donors (Lipinski definition) is 3. The van der Waals surface area contributed by atoms with Gasteiger partial charge in [0.05, 0.1) is 31.0 Å². The van der Waals surface area contributed by atoms with Crippen LogP contribution in [0.25, 0.3) is 11.1 Å². The van der Waals surface area contributed by atoms with Crippen molar-refractivity contribution in [1.29, 1.82) is 0 Å². The van der Waals surface area contributed by atoms with Crippen molar-refractivity contribution < 1.29 is 23.5 Å². The molecule has 0 bridgehead atoms. The number of nitrogens with one attached hydrogen (secondary N) is 2. The zero-order valence-corrected chi connectivity index (χ0v) is 23.9. The van der Waals surface area contributed by atoms with Gasteiger partial charge in [0.25, 0.3) is 0 Å². The van der Waals surface area contributed by atoms with E-state index >= 15 is 0 Å². The van der Waals surface area contributed by atoms with Crippen molar-refractivity contribution in [2.45, 2.75) is 44.8 Å². The first-order chi connectivity index (χ1) is 20.1. The second-order valence-electron chi connectivity index (χ2n) is 11.3. The Morgan fingerprint density at radius 1 is 1.05 bits per heavy atom. The van der Waals surface area contributed by atoms with E-state index in [0.717, 1.165) is 16.7 Å². The lowest BCUT2D eigenvalue weighted by atomic mass is 10.0. The monoisotopic (exact) mass is 573 g/mol. The molecule has 220 valence electrons. The fraction of sp³-hybridized carbons (Fsp3) is 0.344. The van der Waals surface area contributed by atoms with Crippen LogP contribution in [0, 0.1) is 5.82 Å². The molecule has 0 radical (unpaired) electrons. The Balaban J connectivity index is 1.37. The van der Waals surface area contributed by atoms with Gasteiger partial charge in [-0.05, 0) is 67.6 Å². The molecular weight excluding hydrogens is 537 g/mol. The smallest absolute Gasteiger partial charge is 0.322 e. The van der Waals surface area contributed by atoms with Gasteiger partial charge in [-0.3, -0.25) is 9.59 Å². The van der Waals surface area contributed by atoms with E-state index in [2.05, 4.69) is 10.6 Å². The lowest BCUT2D eigenvalue weighted by Gasteiger charge is -2.28. The fourth-order valence-electron chi connectivity index (χ4n) is 5.17. The van der Waals surface area contributed by atoms with E-state index < -0.39 is 17.5 Å². The third-order valence-corrected chi connectivity index (χ3v) is 7.56. The molecule has 2 aliphatic rings. The number of morpholine rings is 1. The normalized spacial score (nSPS) is 17.3. The Hall–Kier alpha value is -4.28. The van der Waals surface area contributed by atoms with Crippen LogP contribution < -0.4 is 21.3 Å². The van der Waals surface area contributed by atoms with Gasteiger partial charge in [0.1, 0.15) is 11.9 Å². The van der Waals surface area contributed by atoms with Gasteiger partial charge in [0.15, 0.2) is 0 Å². The van der Waals surface area contributed by atoms with Crippen molar-refractivity contribution >= 4 is 29.2 Å². The first kappa shape index (κ1) is 29.2. The number of amides is 4. The number of para-hydroxylation sites is 1. The Morgan fingerprint density at radius 3 is 2.48 bits per heavy atom. The van der Waals surface area contributed by atoms with Crippen LogP contribution in [0.4, 0.5) is 20.6 Å². The van der Waals surface area contributed by atoms with Gasteiger partial charge in [-0.15, -0.1) is 0 Å². The second-order valence-corrected chi connectivity index (χ2v) is 11.3. The van der Waals surface area contributed by atoms with Crippen LogP contribution in [0.2, 0.25) is 0 Å². The molecule has 0 saturated carbocycles. The van der Waals surface area contributed by atoms with Gasteiger partial charge in [-0.1, -0.05) is 42.5 Å². The van der Waals surface area contributed by atoms with E-state index in [1.165, 1.54) is 12.1 Å². The van der Waals surface area contributed by atoms with Crippen LogP contribution in [0.3, 0.4) is 0 Å². The van der Waals surface area contributed by atoms with Crippen molar-refractivity contribution in [2.24, 2.45) is 5.73 Å². The molecule has 42 heavy (non-hydrogen) atoms. The number of carbonyl (C=O) groups is 3. The molecule has 3 aromatic carbocycles. The molecule has 2 aliphatic heterocycles. The van der Waals surface area contributed by atoms with Crippen LogP contribution in [0.1, 0.15) is 31.4 Å². The summed E-state index contributed by atoms with van der Waals surface area (Å²) in [5, 5.41) is 5.82. The summed E-state index contributed by atoms with van der Waals surface area (Å²) < 4.78 is 19.5. The summed E-state index contributed by atoms with van der Waals surface area (Å²) in [5.41, 5.74) is 9.44. The van der Waals surface area contributed by atoms with Gasteiger partial charge in [-0.2, -0.15) is 0 Å². The molecule has 4 amide bonds. The SMILES string of the molecule is CC(C)(N)C(=O)N[C@@H]1CCc2cc(F)ccc2N(Cc2ccc(-c3ccccc3NC(=O)N3CCOCC3)cc2)C1=O. The number of rotatable bonds is 6. The summed E-state index contributed by atoms with van der Waals surface area (Å²) >= 11 is 0. The summed E-state index contributed by atoms with van der Waals surface area (Å²) in [4.78, 5) is 42.5. The highest BCUT2D eigenvalue weighted by atomic mass is 19.1.